The first kappa shape index (κ1) is 16.7. The minimum atomic E-state index is 0.156. The third kappa shape index (κ3) is 4.67. The molecule has 6 nitrogen and oxygen atoms in total. The summed E-state index contributed by atoms with van der Waals surface area (Å²) < 4.78 is 5.81. The number of anilines is 3. The van der Waals surface area contributed by atoms with E-state index in [2.05, 4.69) is 40.2 Å². The number of nitrogens with two attached hydrogens (primary N) is 1. The van der Waals surface area contributed by atoms with E-state index in [-0.39, 0.29) is 12.6 Å². The first-order valence-corrected chi connectivity index (χ1v) is 8.15. The summed E-state index contributed by atoms with van der Waals surface area (Å²) in [6, 6.07) is 17.7. The van der Waals surface area contributed by atoms with Crippen molar-refractivity contribution in [1.82, 2.24) is 15.0 Å². The van der Waals surface area contributed by atoms with Gasteiger partial charge in [-0.3, -0.25) is 0 Å². The number of para-hydroxylation sites is 1. The quantitative estimate of drug-likeness (QED) is 0.710. The van der Waals surface area contributed by atoms with Gasteiger partial charge in [0, 0.05) is 5.69 Å². The van der Waals surface area contributed by atoms with Crippen LogP contribution in [0.3, 0.4) is 0 Å². The van der Waals surface area contributed by atoms with Crippen LogP contribution in [-0.2, 0) is 6.61 Å². The average Bonchev–Trinajstić information content (AvgIpc) is 2.61. The zero-order chi connectivity index (χ0) is 17.6. The summed E-state index contributed by atoms with van der Waals surface area (Å²) in [5.41, 5.74) is 7.89. The van der Waals surface area contributed by atoms with Crippen molar-refractivity contribution in [2.24, 2.45) is 0 Å². The second-order valence-corrected chi connectivity index (χ2v) is 5.94. The van der Waals surface area contributed by atoms with Crippen LogP contribution in [0.25, 0.3) is 0 Å². The molecule has 0 atom stereocenters. The van der Waals surface area contributed by atoms with Crippen molar-refractivity contribution in [3.8, 4) is 5.75 Å². The molecule has 2 aromatic carbocycles. The Morgan fingerprint density at radius 1 is 1.00 bits per heavy atom. The van der Waals surface area contributed by atoms with Crippen LogP contribution in [-0.4, -0.2) is 15.0 Å². The van der Waals surface area contributed by atoms with Crippen molar-refractivity contribution in [3.63, 3.8) is 0 Å². The van der Waals surface area contributed by atoms with E-state index in [9.17, 15) is 0 Å². The zero-order valence-corrected chi connectivity index (χ0v) is 14.3. The van der Waals surface area contributed by atoms with E-state index >= 15 is 0 Å². The molecule has 1 aromatic heterocycles. The van der Waals surface area contributed by atoms with Crippen molar-refractivity contribution in [1.29, 1.82) is 0 Å². The zero-order valence-electron chi connectivity index (χ0n) is 14.3. The SMILES string of the molecule is CC(C)c1cccc(OCc2nc(N)nc(Nc3ccccc3)n2)c1. The molecule has 0 aliphatic heterocycles. The Labute approximate surface area is 147 Å². The predicted molar refractivity (Wildman–Crippen MR) is 98.8 cm³/mol. The van der Waals surface area contributed by atoms with E-state index in [1.54, 1.807) is 0 Å². The number of benzene rings is 2. The lowest BCUT2D eigenvalue weighted by atomic mass is 10.0. The molecule has 0 radical (unpaired) electrons. The van der Waals surface area contributed by atoms with Crippen LogP contribution in [0.2, 0.25) is 0 Å². The third-order valence-electron chi connectivity index (χ3n) is 3.62. The molecule has 0 saturated heterocycles. The van der Waals surface area contributed by atoms with E-state index in [1.807, 2.05) is 48.5 Å². The van der Waals surface area contributed by atoms with Crippen LogP contribution in [0.4, 0.5) is 17.6 Å². The van der Waals surface area contributed by atoms with E-state index in [0.29, 0.717) is 17.7 Å². The summed E-state index contributed by atoms with van der Waals surface area (Å²) in [5.74, 6) is 2.25. The Kier molecular flexibility index (Phi) is 5.09. The molecule has 128 valence electrons. The molecule has 0 unspecified atom stereocenters. The smallest absolute Gasteiger partial charge is 0.232 e. The summed E-state index contributed by atoms with van der Waals surface area (Å²) in [6.45, 7) is 4.51. The highest BCUT2D eigenvalue weighted by molar-refractivity contribution is 5.53. The number of hydrogen-bond acceptors (Lipinski definition) is 6. The lowest BCUT2D eigenvalue weighted by Crippen LogP contribution is -2.09. The normalized spacial score (nSPS) is 10.7. The molecule has 1 heterocycles. The molecule has 3 N–H and O–H groups in total. The number of rotatable bonds is 6. The van der Waals surface area contributed by atoms with Crippen molar-refractivity contribution >= 4 is 17.6 Å². The van der Waals surface area contributed by atoms with Crippen molar-refractivity contribution in [2.75, 3.05) is 11.1 Å². The maximum atomic E-state index is 5.81. The van der Waals surface area contributed by atoms with Crippen molar-refractivity contribution in [2.45, 2.75) is 26.4 Å². The number of nitrogens with zero attached hydrogens (tertiary/aromatic N) is 3. The molecule has 0 saturated carbocycles. The predicted octanol–water partition coefficient (Wildman–Crippen LogP) is 3.90. The molecule has 0 spiro atoms. The van der Waals surface area contributed by atoms with Gasteiger partial charge in [0.1, 0.15) is 12.4 Å². The first-order valence-electron chi connectivity index (χ1n) is 8.15. The standard InChI is InChI=1S/C19H21N5O/c1-13(2)14-7-6-10-16(11-14)25-12-17-22-18(20)24-19(23-17)21-15-8-4-3-5-9-15/h3-11,13H,12H2,1-2H3,(H3,20,21,22,23,24). The van der Waals surface area contributed by atoms with Gasteiger partial charge in [0.2, 0.25) is 11.9 Å². The number of nitrogens with one attached hydrogen (secondary N) is 1. The highest BCUT2D eigenvalue weighted by Crippen LogP contribution is 2.21. The number of aromatic nitrogens is 3. The fraction of sp³-hybridized carbons (Fsp3) is 0.211. The monoisotopic (exact) mass is 335 g/mol. The van der Waals surface area contributed by atoms with E-state index < -0.39 is 0 Å². The fourth-order valence-electron chi connectivity index (χ4n) is 2.32. The summed E-state index contributed by atoms with van der Waals surface area (Å²) in [5, 5.41) is 3.11. The van der Waals surface area contributed by atoms with Gasteiger partial charge in [-0.25, -0.2) is 0 Å². The topological polar surface area (TPSA) is 86.0 Å². The maximum absolute atomic E-state index is 5.81. The molecule has 0 aliphatic carbocycles. The Morgan fingerprint density at radius 3 is 2.56 bits per heavy atom. The lowest BCUT2D eigenvalue weighted by Gasteiger charge is -2.10. The van der Waals surface area contributed by atoms with Crippen molar-refractivity contribution in [3.05, 3.63) is 66.0 Å². The summed E-state index contributed by atoms with van der Waals surface area (Å²) in [7, 11) is 0. The highest BCUT2D eigenvalue weighted by atomic mass is 16.5. The lowest BCUT2D eigenvalue weighted by molar-refractivity contribution is 0.295. The third-order valence-corrected chi connectivity index (χ3v) is 3.62. The van der Waals surface area contributed by atoms with Crippen LogP contribution in [0.1, 0.15) is 31.2 Å². The minimum absolute atomic E-state index is 0.156. The second-order valence-electron chi connectivity index (χ2n) is 5.94. The van der Waals surface area contributed by atoms with E-state index in [4.69, 9.17) is 10.5 Å². The van der Waals surface area contributed by atoms with Gasteiger partial charge in [0.15, 0.2) is 5.82 Å². The Balaban J connectivity index is 1.71. The number of nitrogen functional groups attached to an aromatic ring is 1. The summed E-state index contributed by atoms with van der Waals surface area (Å²) in [6.07, 6.45) is 0. The summed E-state index contributed by atoms with van der Waals surface area (Å²) in [4.78, 5) is 12.6. The molecule has 6 heteroatoms. The Hall–Kier alpha value is -3.15. The molecular weight excluding hydrogens is 314 g/mol. The molecule has 3 aromatic rings. The number of ether oxygens (including phenoxy) is 1. The van der Waals surface area contributed by atoms with Gasteiger partial charge in [0.25, 0.3) is 0 Å². The van der Waals surface area contributed by atoms with Gasteiger partial charge in [-0.1, -0.05) is 44.2 Å². The Morgan fingerprint density at radius 2 is 1.80 bits per heavy atom. The van der Waals surface area contributed by atoms with Gasteiger partial charge in [-0.2, -0.15) is 15.0 Å². The van der Waals surface area contributed by atoms with Crippen LogP contribution in [0.15, 0.2) is 54.6 Å². The maximum Gasteiger partial charge on any atom is 0.232 e. The molecule has 0 bridgehead atoms. The van der Waals surface area contributed by atoms with Crippen LogP contribution < -0.4 is 15.8 Å². The molecule has 0 fully saturated rings. The van der Waals surface area contributed by atoms with E-state index in [0.717, 1.165) is 11.4 Å². The van der Waals surface area contributed by atoms with Crippen LogP contribution >= 0.6 is 0 Å². The van der Waals surface area contributed by atoms with E-state index in [1.165, 1.54) is 5.56 Å². The Bertz CT molecular complexity index is 836. The first-order chi connectivity index (χ1) is 12.1. The largest absolute Gasteiger partial charge is 0.486 e. The van der Waals surface area contributed by atoms with Crippen LogP contribution in [0.5, 0.6) is 5.75 Å². The highest BCUT2D eigenvalue weighted by Gasteiger charge is 2.07. The molecule has 3 rings (SSSR count). The molecular formula is C19H21N5O. The molecule has 25 heavy (non-hydrogen) atoms. The van der Waals surface area contributed by atoms with Gasteiger partial charge in [-0.15, -0.1) is 0 Å². The van der Waals surface area contributed by atoms with Gasteiger partial charge >= 0.3 is 0 Å². The molecule has 0 aliphatic rings. The van der Waals surface area contributed by atoms with Gasteiger partial charge in [0.05, 0.1) is 0 Å². The van der Waals surface area contributed by atoms with Crippen LogP contribution in [0, 0.1) is 0 Å². The van der Waals surface area contributed by atoms with Crippen molar-refractivity contribution < 1.29 is 4.74 Å². The van der Waals surface area contributed by atoms with Gasteiger partial charge < -0.3 is 15.8 Å². The number of hydrogen-bond donors (Lipinski definition) is 2. The minimum Gasteiger partial charge on any atom is -0.486 e. The fourth-order valence-corrected chi connectivity index (χ4v) is 2.32. The molecule has 0 amide bonds. The second kappa shape index (κ2) is 7.61. The average molecular weight is 335 g/mol. The van der Waals surface area contributed by atoms with Gasteiger partial charge in [-0.05, 0) is 35.7 Å². The summed E-state index contributed by atoms with van der Waals surface area (Å²) >= 11 is 0.